The van der Waals surface area contributed by atoms with Gasteiger partial charge in [0.25, 0.3) is 5.91 Å². The molecule has 1 amide bonds. The molecule has 5 nitrogen and oxygen atoms in total. The van der Waals surface area contributed by atoms with Crippen LogP contribution in [0.15, 0.2) is 45.5 Å². The van der Waals surface area contributed by atoms with Crippen LogP contribution in [0.2, 0.25) is 0 Å². The number of benzene rings is 2. The van der Waals surface area contributed by atoms with Gasteiger partial charge in [0.05, 0.1) is 18.4 Å². The largest absolute Gasteiger partial charge is 0.464 e. The van der Waals surface area contributed by atoms with Gasteiger partial charge in [0.15, 0.2) is 6.61 Å². The number of carbonyl (C=O) groups excluding carboxylic acids is 2. The highest BCUT2D eigenvalue weighted by Crippen LogP contribution is 2.27. The van der Waals surface area contributed by atoms with Crippen molar-refractivity contribution in [2.75, 3.05) is 11.9 Å². The van der Waals surface area contributed by atoms with Crippen molar-refractivity contribution in [3.8, 4) is 0 Å². The third-order valence-electron chi connectivity index (χ3n) is 4.25. The predicted molar refractivity (Wildman–Crippen MR) is 103 cm³/mol. The van der Waals surface area contributed by atoms with Crippen LogP contribution in [0.25, 0.3) is 11.0 Å². The molecule has 1 N–H and O–H groups in total. The third kappa shape index (κ3) is 4.36. The zero-order valence-corrected chi connectivity index (χ0v) is 16.4. The molecule has 0 fully saturated rings. The molecule has 0 aliphatic heterocycles. The molecule has 0 spiro atoms. The molecule has 140 valence electrons. The minimum atomic E-state index is -0.618. The van der Waals surface area contributed by atoms with Gasteiger partial charge in [-0.15, -0.1) is 0 Å². The van der Waals surface area contributed by atoms with E-state index in [1.807, 2.05) is 26.0 Å². The number of amides is 1. The van der Waals surface area contributed by atoms with Crippen molar-refractivity contribution in [2.45, 2.75) is 20.3 Å². The summed E-state index contributed by atoms with van der Waals surface area (Å²) in [6.45, 7) is 3.44. The zero-order valence-electron chi connectivity index (χ0n) is 14.8. The number of furan rings is 1. The van der Waals surface area contributed by atoms with Crippen LogP contribution in [0.5, 0.6) is 0 Å². The second kappa shape index (κ2) is 7.92. The van der Waals surface area contributed by atoms with Gasteiger partial charge in [-0.3, -0.25) is 9.59 Å². The van der Waals surface area contributed by atoms with Gasteiger partial charge < -0.3 is 14.5 Å². The lowest BCUT2D eigenvalue weighted by molar-refractivity contribution is -0.146. The molecule has 27 heavy (non-hydrogen) atoms. The second-order valence-electron chi connectivity index (χ2n) is 6.15. The number of fused-ring (bicyclic) bond motifs is 1. The number of anilines is 1. The normalized spacial score (nSPS) is 10.8. The lowest BCUT2D eigenvalue weighted by Crippen LogP contribution is -2.22. The molecule has 0 bridgehead atoms. The quantitative estimate of drug-likeness (QED) is 0.593. The van der Waals surface area contributed by atoms with E-state index in [-0.39, 0.29) is 12.1 Å². The SMILES string of the molecule is Cc1ccc2c(CC(=O)OCC(=O)Nc3ccc(Br)cc3F)coc2c1C. The highest BCUT2D eigenvalue weighted by Gasteiger charge is 2.15. The van der Waals surface area contributed by atoms with Gasteiger partial charge in [0, 0.05) is 15.4 Å². The fourth-order valence-corrected chi connectivity index (χ4v) is 2.99. The summed E-state index contributed by atoms with van der Waals surface area (Å²) in [6, 6.07) is 8.10. The Kier molecular flexibility index (Phi) is 5.60. The molecule has 0 radical (unpaired) electrons. The number of nitrogens with one attached hydrogen (secondary N) is 1. The summed E-state index contributed by atoms with van der Waals surface area (Å²) in [7, 11) is 0. The number of rotatable bonds is 5. The molecule has 3 rings (SSSR count). The molecule has 3 aromatic rings. The molecule has 7 heteroatoms. The summed E-state index contributed by atoms with van der Waals surface area (Å²) >= 11 is 3.14. The van der Waals surface area contributed by atoms with Gasteiger partial charge in [-0.05, 0) is 43.2 Å². The van der Waals surface area contributed by atoms with Gasteiger partial charge >= 0.3 is 5.97 Å². The summed E-state index contributed by atoms with van der Waals surface area (Å²) < 4.78 is 24.8. The Morgan fingerprint density at radius 3 is 2.74 bits per heavy atom. The lowest BCUT2D eigenvalue weighted by Gasteiger charge is -2.07. The highest BCUT2D eigenvalue weighted by molar-refractivity contribution is 9.10. The first-order valence-corrected chi connectivity index (χ1v) is 9.01. The highest BCUT2D eigenvalue weighted by atomic mass is 79.9. The number of hydrogen-bond acceptors (Lipinski definition) is 4. The van der Waals surface area contributed by atoms with E-state index in [0.717, 1.165) is 22.1 Å². The van der Waals surface area contributed by atoms with E-state index in [1.54, 1.807) is 6.07 Å². The Labute approximate surface area is 163 Å². The number of carbonyl (C=O) groups is 2. The molecule has 0 unspecified atom stereocenters. The van der Waals surface area contributed by atoms with Gasteiger partial charge in [0.1, 0.15) is 11.4 Å². The van der Waals surface area contributed by atoms with Crippen molar-refractivity contribution in [2.24, 2.45) is 0 Å². The molecule has 0 atom stereocenters. The van der Waals surface area contributed by atoms with Crippen molar-refractivity contribution < 1.29 is 23.1 Å². The molecule has 2 aromatic carbocycles. The number of aryl methyl sites for hydroxylation is 2. The summed E-state index contributed by atoms with van der Waals surface area (Å²) in [6.07, 6.45) is 1.51. The molecule has 0 saturated heterocycles. The average molecular weight is 434 g/mol. The van der Waals surface area contributed by atoms with Gasteiger partial charge in [-0.25, -0.2) is 4.39 Å². The molecule has 0 aliphatic rings. The predicted octanol–water partition coefficient (Wildman–Crippen LogP) is 4.68. The first kappa shape index (κ1) is 19.1. The maximum Gasteiger partial charge on any atom is 0.310 e. The van der Waals surface area contributed by atoms with Crippen molar-refractivity contribution in [1.29, 1.82) is 0 Å². The fourth-order valence-electron chi connectivity index (χ4n) is 2.65. The van der Waals surface area contributed by atoms with E-state index in [4.69, 9.17) is 9.15 Å². The minimum absolute atomic E-state index is 0.0184. The van der Waals surface area contributed by atoms with E-state index in [9.17, 15) is 14.0 Å². The van der Waals surface area contributed by atoms with E-state index < -0.39 is 24.3 Å². The van der Waals surface area contributed by atoms with Gasteiger partial charge in [-0.1, -0.05) is 28.1 Å². The van der Waals surface area contributed by atoms with Crippen molar-refractivity contribution >= 4 is 44.5 Å². The number of esters is 1. The lowest BCUT2D eigenvalue weighted by atomic mass is 10.0. The standard InChI is InChI=1S/C20H17BrFNO4/c1-11-3-5-15-13(9-27-20(15)12(11)2)7-19(25)26-10-18(24)23-17-6-4-14(21)8-16(17)22/h3-6,8-9H,7,10H2,1-2H3,(H,23,24). The molecule has 0 saturated carbocycles. The molecular formula is C20H17BrFNO4. The Balaban J connectivity index is 1.58. The van der Waals surface area contributed by atoms with Crippen molar-refractivity contribution in [1.82, 2.24) is 0 Å². The Morgan fingerprint density at radius 2 is 2.00 bits per heavy atom. The van der Waals surface area contributed by atoms with E-state index >= 15 is 0 Å². The molecule has 1 aromatic heterocycles. The van der Waals surface area contributed by atoms with Crippen LogP contribution in [0.1, 0.15) is 16.7 Å². The summed E-state index contributed by atoms with van der Waals surface area (Å²) in [5, 5.41) is 3.21. The van der Waals surface area contributed by atoms with Crippen LogP contribution in [0, 0.1) is 19.7 Å². The Bertz CT molecular complexity index is 1030. The first-order chi connectivity index (χ1) is 12.8. The summed E-state index contributed by atoms with van der Waals surface area (Å²) in [5.74, 6) is -1.77. The van der Waals surface area contributed by atoms with Crippen LogP contribution >= 0.6 is 15.9 Å². The van der Waals surface area contributed by atoms with E-state index in [2.05, 4.69) is 21.2 Å². The number of halogens is 2. The van der Waals surface area contributed by atoms with Crippen LogP contribution in [-0.2, 0) is 20.7 Å². The second-order valence-corrected chi connectivity index (χ2v) is 7.07. The van der Waals surface area contributed by atoms with Crippen LogP contribution in [0.3, 0.4) is 0 Å². The molecule has 1 heterocycles. The van der Waals surface area contributed by atoms with Crippen LogP contribution < -0.4 is 5.32 Å². The monoisotopic (exact) mass is 433 g/mol. The smallest absolute Gasteiger partial charge is 0.310 e. The fraction of sp³-hybridized carbons (Fsp3) is 0.200. The minimum Gasteiger partial charge on any atom is -0.464 e. The molecule has 0 aliphatic carbocycles. The number of ether oxygens (including phenoxy) is 1. The topological polar surface area (TPSA) is 68.5 Å². The van der Waals surface area contributed by atoms with Gasteiger partial charge in [0.2, 0.25) is 0 Å². The third-order valence-corrected chi connectivity index (χ3v) is 4.74. The van der Waals surface area contributed by atoms with Crippen LogP contribution in [0.4, 0.5) is 10.1 Å². The maximum atomic E-state index is 13.7. The van der Waals surface area contributed by atoms with E-state index in [1.165, 1.54) is 18.4 Å². The van der Waals surface area contributed by atoms with Crippen LogP contribution in [-0.4, -0.2) is 18.5 Å². The van der Waals surface area contributed by atoms with Crippen molar-refractivity contribution in [3.05, 3.63) is 63.6 Å². The number of hydrogen-bond donors (Lipinski definition) is 1. The zero-order chi connectivity index (χ0) is 19.6. The Morgan fingerprint density at radius 1 is 1.22 bits per heavy atom. The van der Waals surface area contributed by atoms with Gasteiger partial charge in [-0.2, -0.15) is 0 Å². The van der Waals surface area contributed by atoms with Crippen molar-refractivity contribution in [3.63, 3.8) is 0 Å². The summed E-state index contributed by atoms with van der Waals surface area (Å²) in [5.41, 5.74) is 3.57. The molecular weight excluding hydrogens is 417 g/mol. The Hall–Kier alpha value is -2.67. The average Bonchev–Trinajstić information content (AvgIpc) is 3.02. The first-order valence-electron chi connectivity index (χ1n) is 8.22. The summed E-state index contributed by atoms with van der Waals surface area (Å²) in [4.78, 5) is 23.9. The van der Waals surface area contributed by atoms with E-state index in [0.29, 0.717) is 10.0 Å². The maximum absolute atomic E-state index is 13.7.